The number of benzene rings is 1. The molecule has 2 amide bonds. The molecule has 23 heavy (non-hydrogen) atoms. The van der Waals surface area contributed by atoms with E-state index in [1.807, 2.05) is 36.4 Å². The summed E-state index contributed by atoms with van der Waals surface area (Å²) >= 11 is 5.74. The predicted molar refractivity (Wildman–Crippen MR) is 90.3 cm³/mol. The molecule has 0 bridgehead atoms. The second-order valence-electron chi connectivity index (χ2n) is 5.10. The van der Waals surface area contributed by atoms with Crippen LogP contribution >= 0.6 is 11.6 Å². The van der Waals surface area contributed by atoms with Gasteiger partial charge in [-0.15, -0.1) is 0 Å². The van der Waals surface area contributed by atoms with E-state index < -0.39 is 0 Å². The predicted octanol–water partition coefficient (Wildman–Crippen LogP) is 2.48. The van der Waals surface area contributed by atoms with Gasteiger partial charge in [-0.1, -0.05) is 48.0 Å². The van der Waals surface area contributed by atoms with Gasteiger partial charge in [0.1, 0.15) is 5.15 Å². The summed E-state index contributed by atoms with van der Waals surface area (Å²) in [5.74, 6) is 0. The minimum absolute atomic E-state index is 0.0681. The molecule has 0 saturated carbocycles. The third-order valence-corrected chi connectivity index (χ3v) is 3.58. The molecule has 6 heteroatoms. The topological polar surface area (TPSA) is 65.5 Å². The zero-order valence-electron chi connectivity index (χ0n) is 12.8. The fourth-order valence-corrected chi connectivity index (χ4v) is 2.27. The van der Waals surface area contributed by atoms with Gasteiger partial charge >= 0.3 is 6.03 Å². The van der Waals surface area contributed by atoms with Crippen molar-refractivity contribution >= 4 is 17.6 Å². The standard InChI is InChI=1S/C17H20ClN3O2/c18-16-7-6-14(12-20-16)8-9-19-17(23)21(10-11-22)13-15-4-2-1-3-5-15/h1-7,12,22H,8-11,13H2,(H,19,23). The number of nitrogens with one attached hydrogen (secondary N) is 1. The largest absolute Gasteiger partial charge is 0.395 e. The molecule has 122 valence electrons. The van der Waals surface area contributed by atoms with Crippen molar-refractivity contribution in [3.05, 3.63) is 64.9 Å². The quantitative estimate of drug-likeness (QED) is 0.765. The lowest BCUT2D eigenvalue weighted by atomic mass is 10.2. The summed E-state index contributed by atoms with van der Waals surface area (Å²) in [7, 11) is 0. The van der Waals surface area contributed by atoms with E-state index in [0.717, 1.165) is 11.1 Å². The number of aliphatic hydroxyl groups is 1. The molecule has 1 aromatic heterocycles. The molecule has 0 radical (unpaired) electrons. The number of hydrogen-bond acceptors (Lipinski definition) is 3. The lowest BCUT2D eigenvalue weighted by Crippen LogP contribution is -2.41. The Balaban J connectivity index is 1.84. The number of carbonyl (C=O) groups is 1. The van der Waals surface area contributed by atoms with E-state index in [9.17, 15) is 4.79 Å². The van der Waals surface area contributed by atoms with Crippen molar-refractivity contribution in [2.45, 2.75) is 13.0 Å². The van der Waals surface area contributed by atoms with Gasteiger partial charge in [-0.25, -0.2) is 9.78 Å². The smallest absolute Gasteiger partial charge is 0.317 e. The summed E-state index contributed by atoms with van der Waals surface area (Å²) < 4.78 is 0. The monoisotopic (exact) mass is 333 g/mol. The van der Waals surface area contributed by atoms with Crippen LogP contribution in [0.15, 0.2) is 48.7 Å². The average molecular weight is 334 g/mol. The SMILES string of the molecule is O=C(NCCc1ccc(Cl)nc1)N(CCO)Cc1ccccc1. The zero-order chi connectivity index (χ0) is 16.5. The Kier molecular flexibility index (Phi) is 6.84. The van der Waals surface area contributed by atoms with Crippen molar-refractivity contribution in [1.82, 2.24) is 15.2 Å². The maximum atomic E-state index is 12.2. The first kappa shape index (κ1) is 17.2. The van der Waals surface area contributed by atoms with Crippen LogP contribution < -0.4 is 5.32 Å². The number of rotatable bonds is 7. The van der Waals surface area contributed by atoms with E-state index in [4.69, 9.17) is 16.7 Å². The van der Waals surface area contributed by atoms with E-state index >= 15 is 0 Å². The fourth-order valence-electron chi connectivity index (χ4n) is 2.16. The van der Waals surface area contributed by atoms with Crippen molar-refractivity contribution in [2.24, 2.45) is 0 Å². The van der Waals surface area contributed by atoms with Crippen LogP contribution in [0.2, 0.25) is 5.15 Å². The molecule has 0 saturated heterocycles. The number of halogens is 1. The van der Waals surface area contributed by atoms with Crippen LogP contribution in [-0.2, 0) is 13.0 Å². The molecule has 5 nitrogen and oxygen atoms in total. The van der Waals surface area contributed by atoms with Crippen molar-refractivity contribution < 1.29 is 9.90 Å². The molecule has 2 rings (SSSR count). The van der Waals surface area contributed by atoms with E-state index in [0.29, 0.717) is 31.2 Å². The Hall–Kier alpha value is -2.11. The summed E-state index contributed by atoms with van der Waals surface area (Å²) in [6.45, 7) is 1.19. The van der Waals surface area contributed by atoms with Gasteiger partial charge in [-0.05, 0) is 23.6 Å². The maximum Gasteiger partial charge on any atom is 0.317 e. The molecule has 0 spiro atoms. The van der Waals surface area contributed by atoms with Gasteiger partial charge in [0.25, 0.3) is 0 Å². The summed E-state index contributed by atoms with van der Waals surface area (Å²) in [6, 6.07) is 13.1. The molecule has 1 heterocycles. The van der Waals surface area contributed by atoms with Gasteiger partial charge in [0.15, 0.2) is 0 Å². The van der Waals surface area contributed by atoms with Crippen LogP contribution in [0.1, 0.15) is 11.1 Å². The molecule has 0 aliphatic carbocycles. The average Bonchev–Trinajstić information content (AvgIpc) is 2.57. The van der Waals surface area contributed by atoms with Gasteiger partial charge in [-0.2, -0.15) is 0 Å². The van der Waals surface area contributed by atoms with E-state index in [1.165, 1.54) is 0 Å². The van der Waals surface area contributed by atoms with Crippen LogP contribution in [-0.4, -0.2) is 40.7 Å². The third-order valence-electron chi connectivity index (χ3n) is 3.35. The number of amides is 2. The lowest BCUT2D eigenvalue weighted by molar-refractivity contribution is 0.174. The molecule has 0 atom stereocenters. The number of hydrogen-bond donors (Lipinski definition) is 2. The first-order chi connectivity index (χ1) is 11.2. The van der Waals surface area contributed by atoms with Crippen molar-refractivity contribution in [1.29, 1.82) is 0 Å². The van der Waals surface area contributed by atoms with Crippen LogP contribution in [0.5, 0.6) is 0 Å². The van der Waals surface area contributed by atoms with Crippen LogP contribution in [0.4, 0.5) is 4.79 Å². The van der Waals surface area contributed by atoms with Gasteiger partial charge in [0.2, 0.25) is 0 Å². The molecule has 2 N–H and O–H groups in total. The molecule has 0 fully saturated rings. The molecular formula is C17H20ClN3O2. The fraction of sp³-hybridized carbons (Fsp3) is 0.294. The Morgan fingerprint density at radius 3 is 2.61 bits per heavy atom. The molecule has 2 aromatic rings. The summed E-state index contributed by atoms with van der Waals surface area (Å²) in [6.07, 6.45) is 2.37. The second kappa shape index (κ2) is 9.12. The van der Waals surface area contributed by atoms with E-state index in [-0.39, 0.29) is 12.6 Å². The summed E-state index contributed by atoms with van der Waals surface area (Å²) in [5.41, 5.74) is 2.03. The number of pyridine rings is 1. The zero-order valence-corrected chi connectivity index (χ0v) is 13.5. The van der Waals surface area contributed by atoms with E-state index in [2.05, 4.69) is 10.3 Å². The van der Waals surface area contributed by atoms with Gasteiger partial charge in [-0.3, -0.25) is 0 Å². The highest BCUT2D eigenvalue weighted by Gasteiger charge is 2.12. The third kappa shape index (κ3) is 5.88. The lowest BCUT2D eigenvalue weighted by Gasteiger charge is -2.22. The first-order valence-electron chi connectivity index (χ1n) is 7.47. The Morgan fingerprint density at radius 2 is 1.96 bits per heavy atom. The minimum Gasteiger partial charge on any atom is -0.395 e. The van der Waals surface area contributed by atoms with Crippen molar-refractivity contribution in [3.63, 3.8) is 0 Å². The van der Waals surface area contributed by atoms with Crippen LogP contribution in [0.3, 0.4) is 0 Å². The number of nitrogens with zero attached hydrogens (tertiary/aromatic N) is 2. The Labute approximate surface area is 140 Å². The van der Waals surface area contributed by atoms with Gasteiger partial charge < -0.3 is 15.3 Å². The first-order valence-corrected chi connectivity index (χ1v) is 7.85. The second-order valence-corrected chi connectivity index (χ2v) is 5.49. The maximum absolute atomic E-state index is 12.2. The highest BCUT2D eigenvalue weighted by atomic mass is 35.5. The van der Waals surface area contributed by atoms with Crippen LogP contribution in [0.25, 0.3) is 0 Å². The van der Waals surface area contributed by atoms with E-state index in [1.54, 1.807) is 17.2 Å². The summed E-state index contributed by atoms with van der Waals surface area (Å²) in [5, 5.41) is 12.5. The minimum atomic E-state index is -0.190. The molecule has 0 aliphatic heterocycles. The highest BCUT2D eigenvalue weighted by Crippen LogP contribution is 2.06. The Bertz CT molecular complexity index is 605. The number of aliphatic hydroxyl groups excluding tert-OH is 1. The molecule has 1 aromatic carbocycles. The van der Waals surface area contributed by atoms with Crippen molar-refractivity contribution in [2.75, 3.05) is 19.7 Å². The Morgan fingerprint density at radius 1 is 1.17 bits per heavy atom. The number of urea groups is 1. The van der Waals surface area contributed by atoms with Crippen molar-refractivity contribution in [3.8, 4) is 0 Å². The molecular weight excluding hydrogens is 314 g/mol. The summed E-state index contributed by atoms with van der Waals surface area (Å²) in [4.78, 5) is 17.8. The normalized spacial score (nSPS) is 10.3. The highest BCUT2D eigenvalue weighted by molar-refractivity contribution is 6.29. The van der Waals surface area contributed by atoms with Gasteiger partial charge in [0.05, 0.1) is 6.61 Å². The van der Waals surface area contributed by atoms with Gasteiger partial charge in [0, 0.05) is 25.8 Å². The molecule has 0 unspecified atom stereocenters. The van der Waals surface area contributed by atoms with Crippen LogP contribution in [0, 0.1) is 0 Å². The number of aromatic nitrogens is 1. The number of carbonyl (C=O) groups excluding carboxylic acids is 1. The molecule has 0 aliphatic rings.